The van der Waals surface area contributed by atoms with Crippen LogP contribution in [-0.4, -0.2) is 26.2 Å². The van der Waals surface area contributed by atoms with E-state index in [4.69, 9.17) is 0 Å². The molecular formula is C7H14N2. The molecule has 2 N–H and O–H groups in total. The fourth-order valence-corrected chi connectivity index (χ4v) is 0.604. The van der Waals surface area contributed by atoms with Crippen molar-refractivity contribution >= 4 is 0 Å². The van der Waals surface area contributed by atoms with Crippen LogP contribution in [0.25, 0.3) is 0 Å². The van der Waals surface area contributed by atoms with E-state index in [1.807, 2.05) is 0 Å². The summed E-state index contributed by atoms with van der Waals surface area (Å²) >= 11 is 0. The van der Waals surface area contributed by atoms with Crippen LogP contribution in [0.5, 0.6) is 0 Å². The lowest BCUT2D eigenvalue weighted by atomic mass is 10.4. The summed E-state index contributed by atoms with van der Waals surface area (Å²) < 4.78 is 0. The lowest BCUT2D eigenvalue weighted by Gasteiger charge is -2.11. The first-order valence-electron chi connectivity index (χ1n) is 3.20. The molecule has 0 radical (unpaired) electrons. The second-order valence-electron chi connectivity index (χ2n) is 1.79. The average Bonchev–Trinajstić information content (AvgIpc) is 1.93. The SMILES string of the molecule is C#CC.C1CNCCN1. The molecule has 2 nitrogen and oxygen atoms in total. The molecule has 52 valence electrons. The van der Waals surface area contributed by atoms with Crippen molar-refractivity contribution in [3.05, 3.63) is 0 Å². The first-order valence-corrected chi connectivity index (χ1v) is 3.20. The number of hydrogen-bond donors (Lipinski definition) is 2. The van der Waals surface area contributed by atoms with Crippen molar-refractivity contribution in [2.24, 2.45) is 0 Å². The second kappa shape index (κ2) is 7.48. The fourth-order valence-electron chi connectivity index (χ4n) is 0.604. The highest BCUT2D eigenvalue weighted by atomic mass is 15.0. The zero-order valence-electron chi connectivity index (χ0n) is 5.91. The average molecular weight is 126 g/mol. The normalized spacial score (nSPS) is 16.9. The molecule has 1 rings (SSSR count). The maximum absolute atomic E-state index is 4.60. The maximum atomic E-state index is 4.60. The van der Waals surface area contributed by atoms with Crippen LogP contribution >= 0.6 is 0 Å². The van der Waals surface area contributed by atoms with Crippen molar-refractivity contribution in [1.29, 1.82) is 0 Å². The predicted molar refractivity (Wildman–Crippen MR) is 40.2 cm³/mol. The van der Waals surface area contributed by atoms with Gasteiger partial charge in [-0.25, -0.2) is 0 Å². The van der Waals surface area contributed by atoms with Crippen LogP contribution < -0.4 is 10.6 Å². The first-order chi connectivity index (χ1) is 4.41. The zero-order chi connectivity index (χ0) is 6.95. The van der Waals surface area contributed by atoms with E-state index >= 15 is 0 Å². The summed E-state index contributed by atoms with van der Waals surface area (Å²) in [7, 11) is 0. The van der Waals surface area contributed by atoms with Gasteiger partial charge in [0, 0.05) is 26.2 Å². The summed E-state index contributed by atoms with van der Waals surface area (Å²) in [5.41, 5.74) is 0. The molecule has 9 heavy (non-hydrogen) atoms. The van der Waals surface area contributed by atoms with Gasteiger partial charge in [-0.15, -0.1) is 12.3 Å². The number of hydrogen-bond acceptors (Lipinski definition) is 2. The van der Waals surface area contributed by atoms with Crippen molar-refractivity contribution in [3.8, 4) is 12.3 Å². The van der Waals surface area contributed by atoms with Crippen molar-refractivity contribution in [1.82, 2.24) is 10.6 Å². The van der Waals surface area contributed by atoms with Crippen LogP contribution in [0.1, 0.15) is 6.92 Å². The largest absolute Gasteiger partial charge is 0.314 e. The third-order valence-electron chi connectivity index (χ3n) is 0.957. The van der Waals surface area contributed by atoms with Gasteiger partial charge in [-0.2, -0.15) is 0 Å². The summed E-state index contributed by atoms with van der Waals surface area (Å²) in [6.45, 7) is 6.21. The van der Waals surface area contributed by atoms with Gasteiger partial charge in [-0.05, 0) is 6.92 Å². The van der Waals surface area contributed by atoms with E-state index in [-0.39, 0.29) is 0 Å². The Hall–Kier alpha value is -0.520. The minimum atomic E-state index is 1.14. The van der Waals surface area contributed by atoms with E-state index in [9.17, 15) is 0 Å². The van der Waals surface area contributed by atoms with Gasteiger partial charge in [0.15, 0.2) is 0 Å². The van der Waals surface area contributed by atoms with Crippen LogP contribution in [0, 0.1) is 12.3 Å². The molecule has 1 saturated heterocycles. The Morgan fingerprint density at radius 1 is 1.11 bits per heavy atom. The van der Waals surface area contributed by atoms with E-state index < -0.39 is 0 Å². The molecule has 1 aliphatic rings. The first kappa shape index (κ1) is 8.48. The molecule has 0 atom stereocenters. The topological polar surface area (TPSA) is 24.1 Å². The molecular weight excluding hydrogens is 112 g/mol. The van der Waals surface area contributed by atoms with Gasteiger partial charge in [-0.3, -0.25) is 0 Å². The molecule has 0 aromatic heterocycles. The van der Waals surface area contributed by atoms with Crippen molar-refractivity contribution in [2.75, 3.05) is 26.2 Å². The Bertz CT molecular complexity index is 67.9. The molecule has 0 unspecified atom stereocenters. The highest BCUT2D eigenvalue weighted by Crippen LogP contribution is 1.65. The summed E-state index contributed by atoms with van der Waals surface area (Å²) in [4.78, 5) is 0. The number of piperazine rings is 1. The summed E-state index contributed by atoms with van der Waals surface area (Å²) in [5, 5.41) is 6.44. The molecule has 0 bridgehead atoms. The Kier molecular flexibility index (Phi) is 7.05. The van der Waals surface area contributed by atoms with Gasteiger partial charge in [-0.1, -0.05) is 0 Å². The van der Waals surface area contributed by atoms with Crippen molar-refractivity contribution in [3.63, 3.8) is 0 Å². The number of nitrogens with one attached hydrogen (secondary N) is 2. The Balaban J connectivity index is 0.000000187. The van der Waals surface area contributed by atoms with Crippen LogP contribution in [0.2, 0.25) is 0 Å². The zero-order valence-corrected chi connectivity index (χ0v) is 5.91. The third kappa shape index (κ3) is 7.48. The summed E-state index contributed by atoms with van der Waals surface area (Å²) in [6.07, 6.45) is 4.60. The predicted octanol–water partition coefficient (Wildman–Crippen LogP) is -0.181. The number of terminal acetylenes is 1. The summed E-state index contributed by atoms with van der Waals surface area (Å²) in [6, 6.07) is 0. The van der Waals surface area contributed by atoms with Gasteiger partial charge < -0.3 is 10.6 Å². The standard InChI is InChI=1S/C4H10N2.C3H4/c1-2-6-4-3-5-1;1-3-2/h5-6H,1-4H2;1H,2H3. The molecule has 0 amide bonds. The molecule has 0 saturated carbocycles. The molecule has 0 aromatic rings. The van der Waals surface area contributed by atoms with Crippen molar-refractivity contribution in [2.45, 2.75) is 6.92 Å². The van der Waals surface area contributed by atoms with Gasteiger partial charge in [0.2, 0.25) is 0 Å². The highest BCUT2D eigenvalue weighted by Gasteiger charge is 1.91. The van der Waals surface area contributed by atoms with Gasteiger partial charge in [0.25, 0.3) is 0 Å². The smallest absolute Gasteiger partial charge is 0.00772 e. The number of rotatable bonds is 0. The lowest BCUT2D eigenvalue weighted by molar-refractivity contribution is 0.534. The van der Waals surface area contributed by atoms with Crippen LogP contribution in [0.3, 0.4) is 0 Å². The van der Waals surface area contributed by atoms with Crippen LogP contribution in [-0.2, 0) is 0 Å². The van der Waals surface area contributed by atoms with Crippen LogP contribution in [0.15, 0.2) is 0 Å². The highest BCUT2D eigenvalue weighted by molar-refractivity contribution is 4.73. The third-order valence-corrected chi connectivity index (χ3v) is 0.957. The molecule has 0 spiro atoms. The van der Waals surface area contributed by atoms with Crippen molar-refractivity contribution < 1.29 is 0 Å². The molecule has 1 aliphatic heterocycles. The molecule has 1 heterocycles. The fraction of sp³-hybridized carbons (Fsp3) is 0.714. The Morgan fingerprint density at radius 3 is 1.44 bits per heavy atom. The van der Waals surface area contributed by atoms with E-state index in [1.54, 1.807) is 6.92 Å². The molecule has 0 aromatic carbocycles. The molecule has 0 aliphatic carbocycles. The molecule has 1 fully saturated rings. The van der Waals surface area contributed by atoms with Gasteiger partial charge in [0.05, 0.1) is 0 Å². The van der Waals surface area contributed by atoms with E-state index in [0.717, 1.165) is 26.2 Å². The maximum Gasteiger partial charge on any atom is 0.00772 e. The quantitative estimate of drug-likeness (QED) is 0.440. The summed E-state index contributed by atoms with van der Waals surface area (Å²) in [5.74, 6) is 2.25. The van der Waals surface area contributed by atoms with Gasteiger partial charge in [0.1, 0.15) is 0 Å². The van der Waals surface area contributed by atoms with Crippen LogP contribution in [0.4, 0.5) is 0 Å². The Labute approximate surface area is 57.0 Å². The Morgan fingerprint density at radius 2 is 1.33 bits per heavy atom. The lowest BCUT2D eigenvalue weighted by Crippen LogP contribution is -2.39. The monoisotopic (exact) mass is 126 g/mol. The van der Waals surface area contributed by atoms with E-state index in [2.05, 4.69) is 23.0 Å². The van der Waals surface area contributed by atoms with Gasteiger partial charge >= 0.3 is 0 Å². The minimum absolute atomic E-state index is 1.14. The van der Waals surface area contributed by atoms with E-state index in [0.29, 0.717) is 0 Å². The van der Waals surface area contributed by atoms with E-state index in [1.165, 1.54) is 0 Å². The minimum Gasteiger partial charge on any atom is -0.314 e. The molecule has 2 heteroatoms. The second-order valence-corrected chi connectivity index (χ2v) is 1.79.